The van der Waals surface area contributed by atoms with Gasteiger partial charge < -0.3 is 15.4 Å². The zero-order chi connectivity index (χ0) is 10.5. The van der Waals surface area contributed by atoms with Crippen molar-refractivity contribution in [3.8, 4) is 0 Å². The molecule has 2 aliphatic rings. The zero-order valence-corrected chi connectivity index (χ0v) is 9.13. The monoisotopic (exact) mass is 212 g/mol. The van der Waals surface area contributed by atoms with Gasteiger partial charge in [-0.15, -0.1) is 0 Å². The van der Waals surface area contributed by atoms with E-state index in [1.54, 1.807) is 0 Å². The first-order chi connectivity index (χ1) is 7.34. The van der Waals surface area contributed by atoms with E-state index in [0.29, 0.717) is 18.6 Å². The minimum atomic E-state index is 0.133. The van der Waals surface area contributed by atoms with E-state index in [1.807, 2.05) is 0 Å². The molecule has 0 aromatic heterocycles. The topological polar surface area (TPSA) is 50.4 Å². The molecule has 86 valence electrons. The summed E-state index contributed by atoms with van der Waals surface area (Å²) in [6.45, 7) is 2.03. The molecule has 15 heavy (non-hydrogen) atoms. The van der Waals surface area contributed by atoms with Crippen molar-refractivity contribution in [1.82, 2.24) is 10.6 Å². The van der Waals surface area contributed by atoms with Crippen LogP contribution in [0.1, 0.15) is 32.1 Å². The predicted octanol–water partition coefficient (Wildman–Crippen LogP) is 0.424. The average molecular weight is 212 g/mol. The molecular weight excluding hydrogens is 192 g/mol. The number of hydrogen-bond donors (Lipinski definition) is 2. The summed E-state index contributed by atoms with van der Waals surface area (Å²) in [4.78, 5) is 11.5. The molecule has 4 heteroatoms. The van der Waals surface area contributed by atoms with Crippen LogP contribution in [0.5, 0.6) is 0 Å². The predicted molar refractivity (Wildman–Crippen MR) is 57.6 cm³/mol. The number of carbonyl (C=O) groups is 1. The van der Waals surface area contributed by atoms with Crippen LogP contribution in [0.2, 0.25) is 0 Å². The van der Waals surface area contributed by atoms with Gasteiger partial charge in [-0.25, -0.2) is 0 Å². The lowest BCUT2D eigenvalue weighted by Gasteiger charge is -2.27. The van der Waals surface area contributed by atoms with Crippen molar-refractivity contribution in [3.05, 3.63) is 0 Å². The molecule has 4 nitrogen and oxygen atoms in total. The van der Waals surface area contributed by atoms with Crippen LogP contribution < -0.4 is 10.6 Å². The van der Waals surface area contributed by atoms with Crippen LogP contribution in [-0.4, -0.2) is 37.7 Å². The van der Waals surface area contributed by atoms with Crippen molar-refractivity contribution in [1.29, 1.82) is 0 Å². The van der Waals surface area contributed by atoms with Crippen LogP contribution in [-0.2, 0) is 9.53 Å². The Hall–Kier alpha value is -0.610. The van der Waals surface area contributed by atoms with Crippen LogP contribution >= 0.6 is 0 Å². The summed E-state index contributed by atoms with van der Waals surface area (Å²) in [5, 5.41) is 6.31. The molecule has 2 fully saturated rings. The minimum Gasteiger partial charge on any atom is -0.381 e. The third kappa shape index (κ3) is 3.47. The van der Waals surface area contributed by atoms with Gasteiger partial charge in [-0.1, -0.05) is 6.42 Å². The average Bonchev–Trinajstić information content (AvgIpc) is 2.17. The number of carbonyl (C=O) groups excluding carboxylic acids is 1. The smallest absolute Gasteiger partial charge is 0.234 e. The summed E-state index contributed by atoms with van der Waals surface area (Å²) in [6, 6.07) is 0.917. The Kier molecular flexibility index (Phi) is 3.97. The molecule has 2 N–H and O–H groups in total. The molecule has 0 bridgehead atoms. The number of hydrogen-bond acceptors (Lipinski definition) is 3. The second-order valence-corrected chi connectivity index (χ2v) is 4.46. The van der Waals surface area contributed by atoms with Crippen molar-refractivity contribution in [3.63, 3.8) is 0 Å². The van der Waals surface area contributed by atoms with Gasteiger partial charge in [0.15, 0.2) is 0 Å². The molecule has 1 saturated heterocycles. The fourth-order valence-electron chi connectivity index (χ4n) is 1.97. The summed E-state index contributed by atoms with van der Waals surface area (Å²) in [5.41, 5.74) is 0. The molecular formula is C11H20N2O2. The second kappa shape index (κ2) is 5.47. The normalized spacial score (nSPS) is 23.5. The Labute approximate surface area is 90.8 Å². The SMILES string of the molecule is O=C(CNC1CCC1)NC1CCOCC1. The Balaban J connectivity index is 1.58. The van der Waals surface area contributed by atoms with Gasteiger partial charge in [-0.3, -0.25) is 4.79 Å². The molecule has 0 unspecified atom stereocenters. The van der Waals surface area contributed by atoms with Crippen LogP contribution in [0, 0.1) is 0 Å². The van der Waals surface area contributed by atoms with Crippen LogP contribution in [0.3, 0.4) is 0 Å². The highest BCUT2D eigenvalue weighted by Crippen LogP contribution is 2.17. The quantitative estimate of drug-likeness (QED) is 0.710. The van der Waals surface area contributed by atoms with E-state index in [0.717, 1.165) is 26.1 Å². The number of nitrogens with one attached hydrogen (secondary N) is 2. The van der Waals surface area contributed by atoms with Crippen LogP contribution in [0.4, 0.5) is 0 Å². The molecule has 2 rings (SSSR count). The summed E-state index contributed by atoms with van der Waals surface area (Å²) >= 11 is 0. The van der Waals surface area contributed by atoms with Gasteiger partial charge in [0.2, 0.25) is 5.91 Å². The van der Waals surface area contributed by atoms with Gasteiger partial charge in [-0.05, 0) is 25.7 Å². The molecule has 1 saturated carbocycles. The Morgan fingerprint density at radius 2 is 1.87 bits per heavy atom. The van der Waals surface area contributed by atoms with Crippen molar-refractivity contribution in [2.75, 3.05) is 19.8 Å². The molecule has 0 aromatic carbocycles. The Morgan fingerprint density at radius 3 is 2.47 bits per heavy atom. The Morgan fingerprint density at radius 1 is 1.13 bits per heavy atom. The van der Waals surface area contributed by atoms with E-state index < -0.39 is 0 Å². The molecule has 1 amide bonds. The highest BCUT2D eigenvalue weighted by molar-refractivity contribution is 5.78. The van der Waals surface area contributed by atoms with Crippen molar-refractivity contribution >= 4 is 5.91 Å². The molecule has 0 spiro atoms. The summed E-state index contributed by atoms with van der Waals surface area (Å²) in [7, 11) is 0. The number of amides is 1. The fraction of sp³-hybridized carbons (Fsp3) is 0.909. The fourth-order valence-corrected chi connectivity index (χ4v) is 1.97. The molecule has 1 heterocycles. The molecule has 0 radical (unpaired) electrons. The van der Waals surface area contributed by atoms with Crippen molar-refractivity contribution in [2.24, 2.45) is 0 Å². The highest BCUT2D eigenvalue weighted by atomic mass is 16.5. The van der Waals surface area contributed by atoms with E-state index in [2.05, 4.69) is 10.6 Å². The first-order valence-electron chi connectivity index (χ1n) is 5.95. The first kappa shape index (κ1) is 10.9. The maximum atomic E-state index is 11.5. The second-order valence-electron chi connectivity index (χ2n) is 4.46. The van der Waals surface area contributed by atoms with E-state index in [4.69, 9.17) is 4.74 Å². The number of rotatable bonds is 4. The van der Waals surface area contributed by atoms with Crippen molar-refractivity contribution < 1.29 is 9.53 Å². The number of ether oxygens (including phenoxy) is 1. The molecule has 1 aliphatic carbocycles. The maximum absolute atomic E-state index is 11.5. The van der Waals surface area contributed by atoms with E-state index >= 15 is 0 Å². The summed E-state index contributed by atoms with van der Waals surface area (Å²) in [6.07, 6.45) is 5.67. The summed E-state index contributed by atoms with van der Waals surface area (Å²) < 4.78 is 5.24. The van der Waals surface area contributed by atoms with Gasteiger partial charge in [0.25, 0.3) is 0 Å². The van der Waals surface area contributed by atoms with Gasteiger partial charge in [-0.2, -0.15) is 0 Å². The lowest BCUT2D eigenvalue weighted by molar-refractivity contribution is -0.121. The molecule has 0 atom stereocenters. The molecule has 1 aliphatic heterocycles. The summed E-state index contributed by atoms with van der Waals surface area (Å²) in [5.74, 6) is 0.133. The van der Waals surface area contributed by atoms with Gasteiger partial charge in [0.1, 0.15) is 0 Å². The lowest BCUT2D eigenvalue weighted by atomic mass is 9.93. The Bertz CT molecular complexity index is 211. The largest absolute Gasteiger partial charge is 0.381 e. The van der Waals surface area contributed by atoms with E-state index in [9.17, 15) is 4.79 Å². The van der Waals surface area contributed by atoms with Gasteiger partial charge >= 0.3 is 0 Å². The highest BCUT2D eigenvalue weighted by Gasteiger charge is 2.19. The van der Waals surface area contributed by atoms with Crippen LogP contribution in [0.25, 0.3) is 0 Å². The standard InChI is InChI=1S/C11H20N2O2/c14-11(8-12-9-2-1-3-9)13-10-4-6-15-7-5-10/h9-10,12H,1-8H2,(H,13,14). The van der Waals surface area contributed by atoms with E-state index in [-0.39, 0.29) is 5.91 Å². The van der Waals surface area contributed by atoms with Crippen LogP contribution in [0.15, 0.2) is 0 Å². The van der Waals surface area contributed by atoms with Gasteiger partial charge in [0, 0.05) is 25.3 Å². The first-order valence-corrected chi connectivity index (χ1v) is 5.95. The zero-order valence-electron chi connectivity index (χ0n) is 9.13. The third-order valence-corrected chi connectivity index (χ3v) is 3.24. The van der Waals surface area contributed by atoms with Crippen molar-refractivity contribution in [2.45, 2.75) is 44.2 Å². The molecule has 0 aromatic rings. The third-order valence-electron chi connectivity index (χ3n) is 3.24. The van der Waals surface area contributed by atoms with E-state index in [1.165, 1.54) is 19.3 Å². The maximum Gasteiger partial charge on any atom is 0.234 e. The minimum absolute atomic E-state index is 0.133. The lowest BCUT2D eigenvalue weighted by Crippen LogP contribution is -2.46. The van der Waals surface area contributed by atoms with Gasteiger partial charge in [0.05, 0.1) is 6.54 Å².